The van der Waals surface area contributed by atoms with E-state index in [-0.39, 0.29) is 34.3 Å². The van der Waals surface area contributed by atoms with Gasteiger partial charge in [-0.2, -0.15) is 25.3 Å². The molecule has 4 heteroatoms. The van der Waals surface area contributed by atoms with E-state index in [4.69, 9.17) is 0 Å². The summed E-state index contributed by atoms with van der Waals surface area (Å²) >= 11 is 9.15. The van der Waals surface area contributed by atoms with E-state index in [2.05, 4.69) is 63.7 Å². The molecule has 0 spiro atoms. The first-order valence-electron chi connectivity index (χ1n) is 8.37. The summed E-state index contributed by atoms with van der Waals surface area (Å²) in [7, 11) is 0. The van der Waals surface area contributed by atoms with Crippen molar-refractivity contribution in [1.82, 2.24) is 0 Å². The maximum atomic E-state index is 4.58. The maximum absolute atomic E-state index is 4.58. The third-order valence-electron chi connectivity index (χ3n) is 5.22. The van der Waals surface area contributed by atoms with Crippen LogP contribution >= 0.6 is 50.1 Å². The van der Waals surface area contributed by atoms with Gasteiger partial charge in [-0.1, -0.05) is 24.3 Å². The van der Waals surface area contributed by atoms with E-state index in [0.717, 1.165) is 37.5 Å². The van der Waals surface area contributed by atoms with Crippen molar-refractivity contribution in [3.05, 3.63) is 50.6 Å². The second-order valence-electron chi connectivity index (χ2n) is 6.76. The minimum absolute atomic E-state index is 0. The van der Waals surface area contributed by atoms with Gasteiger partial charge in [0.25, 0.3) is 0 Å². The summed E-state index contributed by atoms with van der Waals surface area (Å²) in [6, 6.07) is 0. The molecule has 0 aromatic carbocycles. The Kier molecular flexibility index (Phi) is 13.9. The summed E-state index contributed by atoms with van der Waals surface area (Å²) in [5.74, 6) is 1.44. The highest BCUT2D eigenvalue weighted by molar-refractivity contribution is 7.82. The van der Waals surface area contributed by atoms with Gasteiger partial charge in [0.15, 0.2) is 0 Å². The average Bonchev–Trinajstić information content (AvgIpc) is 2.57. The Bertz CT molecular complexity index is 352. The quantitative estimate of drug-likeness (QED) is 0.354. The van der Waals surface area contributed by atoms with Crippen molar-refractivity contribution in [2.45, 2.75) is 60.9 Å². The molecule has 0 saturated heterocycles. The Morgan fingerprint density at radius 1 is 0.625 bits per heavy atom. The fraction of sp³-hybridized carbons (Fsp3) is 0.600. The summed E-state index contributed by atoms with van der Waals surface area (Å²) in [5, 5.41) is 0. The van der Waals surface area contributed by atoms with E-state index < -0.39 is 0 Å². The minimum atomic E-state index is 0. The molecule has 140 valence electrons. The van der Waals surface area contributed by atoms with Crippen molar-refractivity contribution in [2.75, 3.05) is 0 Å². The van der Waals surface area contributed by atoms with Crippen molar-refractivity contribution in [1.29, 1.82) is 0 Å². The largest absolute Gasteiger partial charge is 0.168 e. The number of allylic oxidation sites excluding steroid dienone is 2. The van der Waals surface area contributed by atoms with Crippen LogP contribution in [0.15, 0.2) is 50.6 Å². The summed E-state index contributed by atoms with van der Waals surface area (Å²) in [5.41, 5.74) is 0. The van der Waals surface area contributed by atoms with E-state index in [1.165, 1.54) is 25.7 Å². The van der Waals surface area contributed by atoms with Crippen LogP contribution in [0.25, 0.3) is 0 Å². The molecular formula is C20H34Cl2S2. The molecule has 2 rings (SSSR count). The highest BCUT2D eigenvalue weighted by Crippen LogP contribution is 2.38. The van der Waals surface area contributed by atoms with Crippen LogP contribution < -0.4 is 0 Å². The van der Waals surface area contributed by atoms with E-state index in [9.17, 15) is 0 Å². The maximum Gasteiger partial charge on any atom is 0.0306 e. The normalized spacial score (nSPS) is 34.9. The smallest absolute Gasteiger partial charge is 0.0306 e. The predicted molar refractivity (Wildman–Crippen MR) is 123 cm³/mol. The molecule has 0 bridgehead atoms. The molecule has 0 aromatic heterocycles. The van der Waals surface area contributed by atoms with E-state index in [0.29, 0.717) is 0 Å². The fourth-order valence-electron chi connectivity index (χ4n) is 3.16. The second-order valence-corrected chi connectivity index (χ2v) is 8.54. The molecule has 0 atom stereocenters. The number of rotatable bonds is 4. The van der Waals surface area contributed by atoms with Gasteiger partial charge < -0.3 is 0 Å². The van der Waals surface area contributed by atoms with Gasteiger partial charge in [-0.05, 0) is 63.2 Å². The lowest BCUT2D eigenvalue weighted by Crippen LogP contribution is -2.25. The predicted octanol–water partition coefficient (Wildman–Crippen LogP) is 7.28. The molecule has 2 fully saturated rings. The minimum Gasteiger partial charge on any atom is -0.168 e. The molecule has 0 N–H and O–H groups in total. The number of hydrogen-bond donors (Lipinski definition) is 2. The Hall–Kier alpha value is 0.240. The molecule has 0 nitrogen and oxygen atoms in total. The molecule has 0 heterocycles. The van der Waals surface area contributed by atoms with Crippen LogP contribution in [0.1, 0.15) is 51.4 Å². The van der Waals surface area contributed by atoms with Gasteiger partial charge in [0, 0.05) is 9.49 Å². The van der Waals surface area contributed by atoms with E-state index in [1.807, 2.05) is 12.2 Å². The van der Waals surface area contributed by atoms with Crippen LogP contribution in [0.2, 0.25) is 0 Å². The van der Waals surface area contributed by atoms with Crippen molar-refractivity contribution in [2.24, 2.45) is 11.8 Å². The molecule has 0 unspecified atom stereocenters. The lowest BCUT2D eigenvalue weighted by atomic mass is 9.81. The third kappa shape index (κ3) is 8.56. The van der Waals surface area contributed by atoms with Crippen LogP contribution in [0, 0.1) is 11.8 Å². The number of hydrogen-bond acceptors (Lipinski definition) is 2. The molecule has 2 aliphatic carbocycles. The zero-order chi connectivity index (χ0) is 16.6. The highest BCUT2D eigenvalue weighted by Gasteiger charge is 2.28. The summed E-state index contributed by atoms with van der Waals surface area (Å²) in [4.78, 5) is 0. The third-order valence-corrected chi connectivity index (χ3v) is 6.48. The summed E-state index contributed by atoms with van der Waals surface area (Å²) in [6.07, 6.45) is 17.6. The first-order valence-corrected chi connectivity index (χ1v) is 9.27. The molecular weight excluding hydrogens is 375 g/mol. The van der Waals surface area contributed by atoms with Crippen molar-refractivity contribution < 1.29 is 0 Å². The first kappa shape index (κ1) is 26.5. The number of halogens is 2. The monoisotopic (exact) mass is 408 g/mol. The highest BCUT2D eigenvalue weighted by atomic mass is 35.5. The zero-order valence-electron chi connectivity index (χ0n) is 14.7. The number of thiol groups is 2. The zero-order valence-corrected chi connectivity index (χ0v) is 18.1. The van der Waals surface area contributed by atoms with Gasteiger partial charge in [0.2, 0.25) is 0 Å². The SMILES string of the molecule is C=CC1CCC(S)(C=C)CC1.C=CC1CCC(S)(C=C)CC1.Cl.Cl. The fourth-order valence-corrected chi connectivity index (χ4v) is 3.68. The lowest BCUT2D eigenvalue weighted by molar-refractivity contribution is 0.385. The van der Waals surface area contributed by atoms with Crippen LogP contribution in [0.5, 0.6) is 0 Å². The molecule has 24 heavy (non-hydrogen) atoms. The van der Waals surface area contributed by atoms with Crippen LogP contribution in [0.3, 0.4) is 0 Å². The van der Waals surface area contributed by atoms with Gasteiger partial charge in [-0.15, -0.1) is 51.1 Å². The van der Waals surface area contributed by atoms with Crippen LogP contribution in [-0.2, 0) is 0 Å². The topological polar surface area (TPSA) is 0 Å². The molecule has 2 saturated carbocycles. The van der Waals surface area contributed by atoms with E-state index >= 15 is 0 Å². The van der Waals surface area contributed by atoms with Gasteiger partial charge >= 0.3 is 0 Å². The van der Waals surface area contributed by atoms with Gasteiger partial charge in [-0.3, -0.25) is 0 Å². The second kappa shape index (κ2) is 12.6. The molecule has 0 aromatic rings. The average molecular weight is 410 g/mol. The van der Waals surface area contributed by atoms with Gasteiger partial charge in [0.1, 0.15) is 0 Å². The van der Waals surface area contributed by atoms with Crippen LogP contribution in [0.4, 0.5) is 0 Å². The lowest BCUT2D eigenvalue weighted by Gasteiger charge is -2.32. The Labute approximate surface area is 173 Å². The van der Waals surface area contributed by atoms with Crippen LogP contribution in [-0.4, -0.2) is 9.49 Å². The Morgan fingerprint density at radius 2 is 0.875 bits per heavy atom. The van der Waals surface area contributed by atoms with Crippen molar-refractivity contribution in [3.63, 3.8) is 0 Å². The molecule has 0 aliphatic heterocycles. The summed E-state index contributed by atoms with van der Waals surface area (Å²) in [6.45, 7) is 15.2. The molecule has 0 amide bonds. The van der Waals surface area contributed by atoms with Crippen molar-refractivity contribution >= 4 is 50.1 Å². The summed E-state index contributed by atoms with van der Waals surface area (Å²) < 4.78 is 0.221. The van der Waals surface area contributed by atoms with Gasteiger partial charge in [-0.25, -0.2) is 0 Å². The Balaban J connectivity index is 0. The standard InChI is InChI=1S/2C10H16S.2ClH/c2*1-3-9-5-7-10(11,4-2)8-6-9;;/h2*3-4,9,11H,1-2,5-8H2;2*1H. The molecule has 0 radical (unpaired) electrons. The van der Waals surface area contributed by atoms with E-state index in [1.54, 1.807) is 0 Å². The Morgan fingerprint density at radius 3 is 1.04 bits per heavy atom. The first-order chi connectivity index (χ1) is 10.4. The van der Waals surface area contributed by atoms with Gasteiger partial charge in [0.05, 0.1) is 0 Å². The van der Waals surface area contributed by atoms with Crippen molar-refractivity contribution in [3.8, 4) is 0 Å². The molecule has 2 aliphatic rings.